The Hall–Kier alpha value is -0.520. The molecule has 1 aromatic rings. The molecule has 0 radical (unpaired) electrons. The Labute approximate surface area is 179 Å². The predicted octanol–water partition coefficient (Wildman–Crippen LogP) is 2.37. The Morgan fingerprint density at radius 3 is 2.50 bits per heavy atom. The van der Waals surface area contributed by atoms with Gasteiger partial charge in [-0.3, -0.25) is 4.99 Å². The third-order valence-corrected chi connectivity index (χ3v) is 5.97. The zero-order chi connectivity index (χ0) is 19.0. The van der Waals surface area contributed by atoms with Crippen LogP contribution in [0, 0.1) is 0 Å². The van der Waals surface area contributed by atoms with Crippen molar-refractivity contribution < 1.29 is 8.42 Å². The van der Waals surface area contributed by atoms with Gasteiger partial charge in [0, 0.05) is 52.7 Å². The standard InChI is InChI=1S/C16H30ClN5O2S.HI/c1-6-18-16(19-9-8-10-22(5)25(23,24)7-2)21(4)13-15-11-14(17)12-20(15)3;/h11-12H,6-10,13H2,1-5H3,(H,18,19);1H. The molecule has 1 N–H and O–H groups in total. The number of aliphatic imine (C=N–C) groups is 1. The molecule has 0 spiro atoms. The molecule has 7 nitrogen and oxygen atoms in total. The molecule has 0 amide bonds. The molecule has 152 valence electrons. The lowest BCUT2D eigenvalue weighted by atomic mass is 10.4. The second-order valence-electron chi connectivity index (χ2n) is 5.93. The molecule has 26 heavy (non-hydrogen) atoms. The van der Waals surface area contributed by atoms with E-state index in [1.54, 1.807) is 14.0 Å². The predicted molar refractivity (Wildman–Crippen MR) is 120 cm³/mol. The number of halogens is 2. The third-order valence-electron chi connectivity index (χ3n) is 3.90. The van der Waals surface area contributed by atoms with Gasteiger partial charge in [0.15, 0.2) is 5.96 Å². The van der Waals surface area contributed by atoms with Gasteiger partial charge < -0.3 is 14.8 Å². The zero-order valence-corrected chi connectivity index (χ0v) is 20.1. The summed E-state index contributed by atoms with van der Waals surface area (Å²) in [5.74, 6) is 0.915. The number of sulfonamides is 1. The Morgan fingerprint density at radius 2 is 2.00 bits per heavy atom. The molecule has 0 bridgehead atoms. The molecule has 0 aliphatic carbocycles. The molecule has 1 aromatic heterocycles. The monoisotopic (exact) mass is 519 g/mol. The van der Waals surface area contributed by atoms with Crippen LogP contribution in [0.25, 0.3) is 0 Å². The summed E-state index contributed by atoms with van der Waals surface area (Å²) in [6, 6.07) is 1.94. The number of guanidine groups is 1. The Kier molecular flexibility index (Phi) is 11.8. The van der Waals surface area contributed by atoms with Gasteiger partial charge in [0.2, 0.25) is 10.0 Å². The number of hydrogen-bond acceptors (Lipinski definition) is 3. The molecule has 1 heterocycles. The summed E-state index contributed by atoms with van der Waals surface area (Å²) in [5, 5.41) is 3.98. The summed E-state index contributed by atoms with van der Waals surface area (Å²) in [4.78, 5) is 6.62. The van der Waals surface area contributed by atoms with Crippen molar-refractivity contribution in [2.24, 2.45) is 12.0 Å². The minimum atomic E-state index is -3.13. The smallest absolute Gasteiger partial charge is 0.213 e. The van der Waals surface area contributed by atoms with Crippen LogP contribution in [0.1, 0.15) is 26.0 Å². The second-order valence-corrected chi connectivity index (χ2v) is 8.73. The average Bonchev–Trinajstić information content (AvgIpc) is 2.87. The van der Waals surface area contributed by atoms with Crippen LogP contribution in [-0.2, 0) is 23.6 Å². The van der Waals surface area contributed by atoms with Crippen molar-refractivity contribution in [3.05, 3.63) is 23.0 Å². The lowest BCUT2D eigenvalue weighted by Crippen LogP contribution is -2.39. The maximum absolute atomic E-state index is 11.7. The Bertz CT molecular complexity index is 678. The zero-order valence-electron chi connectivity index (χ0n) is 16.2. The lowest BCUT2D eigenvalue weighted by molar-refractivity contribution is 0.453. The van der Waals surface area contributed by atoms with Gasteiger partial charge in [0.25, 0.3) is 0 Å². The maximum Gasteiger partial charge on any atom is 0.213 e. The van der Waals surface area contributed by atoms with Gasteiger partial charge in [-0.25, -0.2) is 12.7 Å². The normalized spacial score (nSPS) is 12.2. The molecule has 0 fully saturated rings. The van der Waals surface area contributed by atoms with E-state index in [0.717, 1.165) is 18.2 Å². The van der Waals surface area contributed by atoms with Gasteiger partial charge in [-0.2, -0.15) is 0 Å². The lowest BCUT2D eigenvalue weighted by Gasteiger charge is -2.22. The number of rotatable bonds is 9. The molecule has 0 aromatic carbocycles. The molecule has 0 atom stereocenters. The summed E-state index contributed by atoms with van der Waals surface area (Å²) in [7, 11) is 2.41. The molecule has 0 aliphatic heterocycles. The Morgan fingerprint density at radius 1 is 1.35 bits per heavy atom. The summed E-state index contributed by atoms with van der Waals surface area (Å²) in [6.45, 7) is 6.14. The highest BCUT2D eigenvalue weighted by Crippen LogP contribution is 2.14. The van der Waals surface area contributed by atoms with E-state index in [9.17, 15) is 8.42 Å². The minimum Gasteiger partial charge on any atom is -0.357 e. The summed E-state index contributed by atoms with van der Waals surface area (Å²) < 4.78 is 26.9. The summed E-state index contributed by atoms with van der Waals surface area (Å²) in [6.07, 6.45) is 2.55. The summed E-state index contributed by atoms with van der Waals surface area (Å²) >= 11 is 6.03. The second kappa shape index (κ2) is 12.0. The van der Waals surface area contributed by atoms with E-state index < -0.39 is 10.0 Å². The molecule has 0 unspecified atom stereocenters. The van der Waals surface area contributed by atoms with Gasteiger partial charge in [-0.15, -0.1) is 24.0 Å². The van der Waals surface area contributed by atoms with E-state index in [0.29, 0.717) is 31.1 Å². The van der Waals surface area contributed by atoms with Crippen LogP contribution >= 0.6 is 35.6 Å². The first-order chi connectivity index (χ1) is 11.7. The third kappa shape index (κ3) is 8.01. The minimum absolute atomic E-state index is 0. The van der Waals surface area contributed by atoms with Crippen molar-refractivity contribution in [1.29, 1.82) is 0 Å². The average molecular weight is 520 g/mol. The van der Waals surface area contributed by atoms with Gasteiger partial charge in [0.1, 0.15) is 0 Å². The SMILES string of the molecule is CCNC(=NCCCN(C)S(=O)(=O)CC)N(C)Cc1cc(Cl)cn1C.I. The number of hydrogen-bond donors (Lipinski definition) is 1. The molecule has 10 heteroatoms. The highest BCUT2D eigenvalue weighted by Gasteiger charge is 2.14. The molecule has 0 aliphatic rings. The van der Waals surface area contributed by atoms with Crippen LogP contribution < -0.4 is 5.32 Å². The van der Waals surface area contributed by atoms with Crippen LogP contribution in [0.15, 0.2) is 17.3 Å². The van der Waals surface area contributed by atoms with E-state index >= 15 is 0 Å². The Balaban J connectivity index is 0.00000625. The topological polar surface area (TPSA) is 69.9 Å². The van der Waals surface area contributed by atoms with Gasteiger partial charge in [0.05, 0.1) is 17.3 Å². The highest BCUT2D eigenvalue weighted by atomic mass is 127. The number of nitrogens with zero attached hydrogens (tertiary/aromatic N) is 4. The van der Waals surface area contributed by atoms with Crippen molar-refractivity contribution in [2.45, 2.75) is 26.8 Å². The van der Waals surface area contributed by atoms with Crippen molar-refractivity contribution in [3.8, 4) is 0 Å². The van der Waals surface area contributed by atoms with Crippen molar-refractivity contribution in [3.63, 3.8) is 0 Å². The van der Waals surface area contributed by atoms with Crippen LogP contribution in [0.5, 0.6) is 0 Å². The molecular weight excluding hydrogens is 489 g/mol. The van der Waals surface area contributed by atoms with Crippen molar-refractivity contribution in [2.75, 3.05) is 39.5 Å². The van der Waals surface area contributed by atoms with Crippen LogP contribution in [0.2, 0.25) is 5.02 Å². The van der Waals surface area contributed by atoms with Crippen molar-refractivity contribution >= 4 is 51.6 Å². The fourth-order valence-corrected chi connectivity index (χ4v) is 3.47. The molecule has 1 rings (SSSR count). The highest BCUT2D eigenvalue weighted by molar-refractivity contribution is 14.0. The molecule has 0 saturated heterocycles. The largest absolute Gasteiger partial charge is 0.357 e. The van der Waals surface area contributed by atoms with Crippen molar-refractivity contribution in [1.82, 2.24) is 19.1 Å². The first kappa shape index (κ1) is 25.5. The van der Waals surface area contributed by atoms with E-state index in [4.69, 9.17) is 11.6 Å². The van der Waals surface area contributed by atoms with E-state index in [2.05, 4.69) is 10.3 Å². The van der Waals surface area contributed by atoms with Crippen LogP contribution in [0.4, 0.5) is 0 Å². The van der Waals surface area contributed by atoms with E-state index in [-0.39, 0.29) is 29.7 Å². The number of aryl methyl sites for hydroxylation is 1. The quantitative estimate of drug-likeness (QED) is 0.235. The maximum atomic E-state index is 11.7. The first-order valence-electron chi connectivity index (χ1n) is 8.45. The fourth-order valence-electron chi connectivity index (χ4n) is 2.35. The van der Waals surface area contributed by atoms with Crippen LogP contribution in [0.3, 0.4) is 0 Å². The van der Waals surface area contributed by atoms with Gasteiger partial charge in [-0.05, 0) is 26.3 Å². The summed E-state index contributed by atoms with van der Waals surface area (Å²) in [5.41, 5.74) is 1.09. The van der Waals surface area contributed by atoms with Gasteiger partial charge in [-0.1, -0.05) is 11.6 Å². The van der Waals surface area contributed by atoms with E-state index in [1.165, 1.54) is 4.31 Å². The number of nitrogens with one attached hydrogen (secondary N) is 1. The first-order valence-corrected chi connectivity index (χ1v) is 10.4. The van der Waals surface area contributed by atoms with Crippen LogP contribution in [-0.4, -0.2) is 67.6 Å². The van der Waals surface area contributed by atoms with E-state index in [1.807, 2.05) is 42.7 Å². The molecule has 0 saturated carbocycles. The molecular formula is C16H31ClIN5O2S. The number of aromatic nitrogens is 1. The van der Waals surface area contributed by atoms with Gasteiger partial charge >= 0.3 is 0 Å². The fraction of sp³-hybridized carbons (Fsp3) is 0.688.